The number of halogens is 3. The molecule has 2 aliphatic rings. The zero-order valence-electron chi connectivity index (χ0n) is 14.5. The fourth-order valence-corrected chi connectivity index (χ4v) is 3.07. The van der Waals surface area contributed by atoms with E-state index in [9.17, 15) is 18.0 Å². The second kappa shape index (κ2) is 7.71. The minimum absolute atomic E-state index is 0.0357. The molecule has 0 aliphatic carbocycles. The zero-order valence-corrected chi connectivity index (χ0v) is 14.5. The van der Waals surface area contributed by atoms with Crippen LogP contribution in [0.15, 0.2) is 18.2 Å². The van der Waals surface area contributed by atoms with E-state index in [1.54, 1.807) is 0 Å². The Morgan fingerprint density at radius 2 is 1.96 bits per heavy atom. The van der Waals surface area contributed by atoms with Crippen LogP contribution >= 0.6 is 0 Å². The standard InChI is InChI=1S/C17H22F3N3O3/c1-17(15(19)20)11-23(6-9-26-17)16(24)21-13-3-2-12(18)10-14(13)22-4-7-25-8-5-22/h2-3,10,15H,4-9,11H2,1H3,(H,21,24)/t17-/m0/s1. The highest BCUT2D eigenvalue weighted by molar-refractivity contribution is 5.93. The number of hydrogen-bond acceptors (Lipinski definition) is 4. The monoisotopic (exact) mass is 373 g/mol. The first-order chi connectivity index (χ1) is 12.4. The number of ether oxygens (including phenoxy) is 2. The van der Waals surface area contributed by atoms with Crippen molar-refractivity contribution < 1.29 is 27.4 Å². The van der Waals surface area contributed by atoms with Gasteiger partial charge in [-0.2, -0.15) is 0 Å². The molecule has 144 valence electrons. The SMILES string of the molecule is C[C@@]1(C(F)F)CN(C(=O)Nc2ccc(F)cc2N2CCOCC2)CCO1. The van der Waals surface area contributed by atoms with Crippen LogP contribution in [-0.4, -0.2) is 69.0 Å². The summed E-state index contributed by atoms with van der Waals surface area (Å²) in [5.41, 5.74) is -0.708. The van der Waals surface area contributed by atoms with Crippen LogP contribution < -0.4 is 10.2 Å². The van der Waals surface area contributed by atoms with E-state index in [-0.39, 0.29) is 19.7 Å². The predicted octanol–water partition coefficient (Wildman–Crippen LogP) is 2.55. The molecule has 1 aromatic carbocycles. The van der Waals surface area contributed by atoms with Crippen molar-refractivity contribution in [1.29, 1.82) is 0 Å². The number of nitrogens with zero attached hydrogens (tertiary/aromatic N) is 2. The molecule has 0 saturated carbocycles. The molecule has 2 amide bonds. The van der Waals surface area contributed by atoms with E-state index in [4.69, 9.17) is 9.47 Å². The second-order valence-corrected chi connectivity index (χ2v) is 6.57. The molecule has 26 heavy (non-hydrogen) atoms. The Bertz CT molecular complexity index is 655. The van der Waals surface area contributed by atoms with E-state index in [0.29, 0.717) is 37.7 Å². The lowest BCUT2D eigenvalue weighted by molar-refractivity contribution is -0.161. The Labute approximate surface area is 149 Å². The van der Waals surface area contributed by atoms with Crippen LogP contribution in [0.3, 0.4) is 0 Å². The van der Waals surface area contributed by atoms with Crippen LogP contribution in [0.25, 0.3) is 0 Å². The summed E-state index contributed by atoms with van der Waals surface area (Å²) in [5, 5.41) is 2.72. The van der Waals surface area contributed by atoms with Gasteiger partial charge in [-0.05, 0) is 25.1 Å². The number of carbonyl (C=O) groups excluding carboxylic acids is 1. The highest BCUT2D eigenvalue weighted by Gasteiger charge is 2.42. The molecule has 1 N–H and O–H groups in total. The highest BCUT2D eigenvalue weighted by atomic mass is 19.3. The molecule has 0 aromatic heterocycles. The summed E-state index contributed by atoms with van der Waals surface area (Å²) in [6.45, 7) is 3.50. The van der Waals surface area contributed by atoms with Gasteiger partial charge in [0.25, 0.3) is 6.43 Å². The number of nitrogens with one attached hydrogen (secondary N) is 1. The van der Waals surface area contributed by atoms with Crippen LogP contribution in [0, 0.1) is 5.82 Å². The number of carbonyl (C=O) groups is 1. The molecule has 0 unspecified atom stereocenters. The van der Waals surface area contributed by atoms with Crippen LogP contribution in [0.2, 0.25) is 0 Å². The van der Waals surface area contributed by atoms with Gasteiger partial charge in [0.05, 0.1) is 37.7 Å². The van der Waals surface area contributed by atoms with Gasteiger partial charge in [0.1, 0.15) is 11.4 Å². The summed E-state index contributed by atoms with van der Waals surface area (Å²) in [4.78, 5) is 15.8. The third-order valence-corrected chi connectivity index (χ3v) is 4.60. The van der Waals surface area contributed by atoms with Crippen molar-refractivity contribution in [1.82, 2.24) is 4.90 Å². The Morgan fingerprint density at radius 1 is 1.23 bits per heavy atom. The summed E-state index contributed by atoms with van der Waals surface area (Å²) in [6.07, 6.45) is -2.70. The molecule has 9 heteroatoms. The molecule has 3 rings (SSSR count). The van der Waals surface area contributed by atoms with E-state index < -0.39 is 23.9 Å². The van der Waals surface area contributed by atoms with Gasteiger partial charge in [0.15, 0.2) is 0 Å². The Balaban J connectivity index is 1.75. The van der Waals surface area contributed by atoms with Gasteiger partial charge in [-0.1, -0.05) is 0 Å². The van der Waals surface area contributed by atoms with Crippen molar-refractivity contribution in [3.8, 4) is 0 Å². The largest absolute Gasteiger partial charge is 0.378 e. The fraction of sp³-hybridized carbons (Fsp3) is 0.588. The first-order valence-electron chi connectivity index (χ1n) is 8.49. The smallest absolute Gasteiger partial charge is 0.322 e. The lowest BCUT2D eigenvalue weighted by Gasteiger charge is -2.39. The number of anilines is 2. The first-order valence-corrected chi connectivity index (χ1v) is 8.49. The maximum Gasteiger partial charge on any atom is 0.322 e. The van der Waals surface area contributed by atoms with Crippen molar-refractivity contribution in [3.63, 3.8) is 0 Å². The molecule has 2 heterocycles. The average Bonchev–Trinajstić information content (AvgIpc) is 2.64. The van der Waals surface area contributed by atoms with Gasteiger partial charge in [-0.3, -0.25) is 0 Å². The van der Waals surface area contributed by atoms with Crippen molar-refractivity contribution >= 4 is 17.4 Å². The van der Waals surface area contributed by atoms with Crippen molar-refractivity contribution in [2.75, 3.05) is 56.2 Å². The highest BCUT2D eigenvalue weighted by Crippen LogP contribution is 2.29. The fourth-order valence-electron chi connectivity index (χ4n) is 3.07. The van der Waals surface area contributed by atoms with Gasteiger partial charge in [-0.15, -0.1) is 0 Å². The van der Waals surface area contributed by atoms with Gasteiger partial charge in [0.2, 0.25) is 0 Å². The summed E-state index contributed by atoms with van der Waals surface area (Å²) < 4.78 is 50.5. The molecule has 0 bridgehead atoms. The molecule has 1 aromatic rings. The number of morpholine rings is 2. The minimum atomic E-state index is -2.70. The van der Waals surface area contributed by atoms with Crippen LogP contribution in [-0.2, 0) is 9.47 Å². The maximum atomic E-state index is 13.7. The van der Waals surface area contributed by atoms with Crippen LogP contribution in [0.4, 0.5) is 29.3 Å². The third-order valence-electron chi connectivity index (χ3n) is 4.60. The summed E-state index contributed by atoms with van der Waals surface area (Å²) >= 11 is 0. The van der Waals surface area contributed by atoms with Crippen molar-refractivity contribution in [2.24, 2.45) is 0 Å². The predicted molar refractivity (Wildman–Crippen MR) is 90.4 cm³/mol. The lowest BCUT2D eigenvalue weighted by Crippen LogP contribution is -2.56. The number of benzene rings is 1. The quantitative estimate of drug-likeness (QED) is 0.885. The first kappa shape index (κ1) is 18.8. The summed E-state index contributed by atoms with van der Waals surface area (Å²) in [5.74, 6) is -0.416. The van der Waals surface area contributed by atoms with E-state index in [2.05, 4.69) is 5.32 Å². The zero-order chi connectivity index (χ0) is 18.7. The number of urea groups is 1. The maximum absolute atomic E-state index is 13.7. The Kier molecular flexibility index (Phi) is 5.57. The lowest BCUT2D eigenvalue weighted by atomic mass is 10.1. The van der Waals surface area contributed by atoms with Crippen molar-refractivity contribution in [2.45, 2.75) is 19.0 Å². The molecular weight excluding hydrogens is 351 g/mol. The van der Waals surface area contributed by atoms with E-state index in [1.165, 1.54) is 30.0 Å². The topological polar surface area (TPSA) is 54.0 Å². The number of alkyl halides is 2. The molecule has 0 radical (unpaired) electrons. The molecule has 0 spiro atoms. The van der Waals surface area contributed by atoms with Gasteiger partial charge in [0, 0.05) is 19.6 Å². The summed E-state index contributed by atoms with van der Waals surface area (Å²) in [7, 11) is 0. The average molecular weight is 373 g/mol. The molecule has 2 fully saturated rings. The molecule has 1 atom stereocenters. The number of amides is 2. The van der Waals surface area contributed by atoms with Gasteiger partial charge in [-0.25, -0.2) is 18.0 Å². The number of rotatable bonds is 3. The third kappa shape index (κ3) is 4.04. The van der Waals surface area contributed by atoms with Gasteiger partial charge < -0.3 is 24.6 Å². The second-order valence-electron chi connectivity index (χ2n) is 6.57. The minimum Gasteiger partial charge on any atom is -0.378 e. The van der Waals surface area contributed by atoms with Gasteiger partial charge >= 0.3 is 6.03 Å². The number of hydrogen-bond donors (Lipinski definition) is 1. The molecular formula is C17H22F3N3O3. The normalized spacial score (nSPS) is 24.0. The molecule has 6 nitrogen and oxygen atoms in total. The Hall–Kier alpha value is -2.00. The van der Waals surface area contributed by atoms with Crippen molar-refractivity contribution in [3.05, 3.63) is 24.0 Å². The Morgan fingerprint density at radius 3 is 2.65 bits per heavy atom. The molecule has 2 aliphatic heterocycles. The molecule has 2 saturated heterocycles. The van der Waals surface area contributed by atoms with E-state index >= 15 is 0 Å². The summed E-state index contributed by atoms with van der Waals surface area (Å²) in [6, 6.07) is 3.57. The van der Waals surface area contributed by atoms with Crippen LogP contribution in [0.1, 0.15) is 6.92 Å². The van der Waals surface area contributed by atoms with E-state index in [0.717, 1.165) is 0 Å². The van der Waals surface area contributed by atoms with Crippen LogP contribution in [0.5, 0.6) is 0 Å². The van der Waals surface area contributed by atoms with E-state index in [1.807, 2.05) is 4.90 Å².